The zero-order chi connectivity index (χ0) is 12.5. The highest BCUT2D eigenvalue weighted by molar-refractivity contribution is 5.19. The number of aliphatic hydroxyl groups excluding tert-OH is 1. The van der Waals surface area contributed by atoms with Crippen LogP contribution in [0.5, 0.6) is 0 Å². The van der Waals surface area contributed by atoms with Crippen LogP contribution in [0.15, 0.2) is 18.5 Å². The molecule has 17 heavy (non-hydrogen) atoms. The van der Waals surface area contributed by atoms with Gasteiger partial charge in [0.05, 0.1) is 17.8 Å². The van der Waals surface area contributed by atoms with Crippen molar-refractivity contribution in [3.63, 3.8) is 0 Å². The molecule has 1 atom stereocenters. The molecule has 94 valence electrons. The van der Waals surface area contributed by atoms with Crippen molar-refractivity contribution in [2.75, 3.05) is 14.1 Å². The van der Waals surface area contributed by atoms with Gasteiger partial charge in [0.15, 0.2) is 0 Å². The number of aromatic nitrogens is 1. The molecule has 0 saturated heterocycles. The summed E-state index contributed by atoms with van der Waals surface area (Å²) in [5, 5.41) is 10.5. The van der Waals surface area contributed by atoms with Crippen LogP contribution in [-0.4, -0.2) is 34.6 Å². The van der Waals surface area contributed by atoms with E-state index < -0.39 is 11.9 Å². The van der Waals surface area contributed by atoms with E-state index in [2.05, 4.69) is 9.88 Å². The first-order valence-corrected chi connectivity index (χ1v) is 6.02. The summed E-state index contributed by atoms with van der Waals surface area (Å²) in [4.78, 5) is 5.88. The molecule has 0 aromatic carbocycles. The van der Waals surface area contributed by atoms with Crippen molar-refractivity contribution < 1.29 is 9.50 Å². The Morgan fingerprint density at radius 3 is 2.53 bits per heavy atom. The van der Waals surface area contributed by atoms with E-state index in [4.69, 9.17) is 0 Å². The monoisotopic (exact) mass is 238 g/mol. The number of nitrogens with zero attached hydrogens (tertiary/aromatic N) is 2. The summed E-state index contributed by atoms with van der Waals surface area (Å²) in [7, 11) is 3.95. The van der Waals surface area contributed by atoms with E-state index in [9.17, 15) is 9.50 Å². The first-order chi connectivity index (χ1) is 8.06. The lowest BCUT2D eigenvalue weighted by Crippen LogP contribution is -2.47. The number of hydrogen-bond acceptors (Lipinski definition) is 3. The summed E-state index contributed by atoms with van der Waals surface area (Å²) in [5.41, 5.74) is 0.302. The lowest BCUT2D eigenvalue weighted by Gasteiger charge is -2.40. The van der Waals surface area contributed by atoms with E-state index in [1.165, 1.54) is 6.07 Å². The molecule has 1 N–H and O–H groups in total. The van der Waals surface area contributed by atoms with Gasteiger partial charge in [0, 0.05) is 11.8 Å². The van der Waals surface area contributed by atoms with Gasteiger partial charge in [0.25, 0.3) is 0 Å². The molecule has 0 radical (unpaired) electrons. The predicted molar refractivity (Wildman–Crippen MR) is 64.0 cm³/mol. The van der Waals surface area contributed by atoms with Crippen molar-refractivity contribution in [3.8, 4) is 0 Å². The Morgan fingerprint density at radius 2 is 2.00 bits per heavy atom. The van der Waals surface area contributed by atoms with E-state index in [-0.39, 0.29) is 5.54 Å². The number of pyridine rings is 1. The normalized spacial score (nSPS) is 20.8. The fourth-order valence-electron chi connectivity index (χ4n) is 2.84. The molecule has 1 aliphatic rings. The number of halogens is 1. The Labute approximate surface area is 101 Å². The third-order valence-corrected chi connectivity index (χ3v) is 3.91. The van der Waals surface area contributed by atoms with Gasteiger partial charge in [0.1, 0.15) is 5.82 Å². The molecule has 0 bridgehead atoms. The fraction of sp³-hybridized carbons (Fsp3) is 0.615. The molecule has 0 aliphatic heterocycles. The van der Waals surface area contributed by atoms with Gasteiger partial charge in [-0.2, -0.15) is 0 Å². The van der Waals surface area contributed by atoms with Crippen molar-refractivity contribution in [1.82, 2.24) is 9.88 Å². The molecule has 1 aliphatic carbocycles. The quantitative estimate of drug-likeness (QED) is 0.876. The van der Waals surface area contributed by atoms with Gasteiger partial charge < -0.3 is 10.0 Å². The summed E-state index contributed by atoms with van der Waals surface area (Å²) in [6, 6.07) is 1.38. The van der Waals surface area contributed by atoms with Crippen LogP contribution < -0.4 is 0 Å². The van der Waals surface area contributed by atoms with Crippen molar-refractivity contribution in [3.05, 3.63) is 29.8 Å². The van der Waals surface area contributed by atoms with Crippen LogP contribution in [0, 0.1) is 5.82 Å². The van der Waals surface area contributed by atoms with E-state index >= 15 is 0 Å². The lowest BCUT2D eigenvalue weighted by atomic mass is 9.85. The number of aliphatic hydroxyl groups is 1. The molecule has 1 heterocycles. The summed E-state index contributed by atoms with van der Waals surface area (Å²) in [5.74, 6) is -0.395. The van der Waals surface area contributed by atoms with Gasteiger partial charge in [-0.05, 0) is 33.0 Å². The van der Waals surface area contributed by atoms with Crippen molar-refractivity contribution >= 4 is 0 Å². The molecule has 1 fully saturated rings. The van der Waals surface area contributed by atoms with Crippen LogP contribution in [0.2, 0.25) is 0 Å². The highest BCUT2D eigenvalue weighted by Gasteiger charge is 2.43. The Morgan fingerprint density at radius 1 is 1.35 bits per heavy atom. The first-order valence-electron chi connectivity index (χ1n) is 6.02. The fourth-order valence-corrected chi connectivity index (χ4v) is 2.84. The van der Waals surface area contributed by atoms with Gasteiger partial charge in [-0.1, -0.05) is 12.8 Å². The van der Waals surface area contributed by atoms with E-state index in [1.54, 1.807) is 6.20 Å². The van der Waals surface area contributed by atoms with Crippen LogP contribution in [0.1, 0.15) is 37.4 Å². The second kappa shape index (κ2) is 4.70. The molecule has 2 rings (SSSR count). The minimum atomic E-state index is -0.678. The minimum Gasteiger partial charge on any atom is -0.386 e. The second-order valence-corrected chi connectivity index (χ2v) is 5.04. The number of likely N-dealkylation sites (N-methyl/N-ethyl adjacent to an activating group) is 1. The predicted octanol–water partition coefficient (Wildman–Crippen LogP) is 2.13. The van der Waals surface area contributed by atoms with Gasteiger partial charge in [-0.25, -0.2) is 4.39 Å². The molecular weight excluding hydrogens is 219 g/mol. The Kier molecular flexibility index (Phi) is 3.45. The molecule has 4 heteroatoms. The third kappa shape index (κ3) is 2.19. The average Bonchev–Trinajstić information content (AvgIpc) is 2.78. The summed E-state index contributed by atoms with van der Waals surface area (Å²) < 4.78 is 13.2. The van der Waals surface area contributed by atoms with Crippen molar-refractivity contribution in [2.24, 2.45) is 0 Å². The summed E-state index contributed by atoms with van der Waals surface area (Å²) >= 11 is 0. The zero-order valence-electron chi connectivity index (χ0n) is 10.4. The van der Waals surface area contributed by atoms with Gasteiger partial charge >= 0.3 is 0 Å². The van der Waals surface area contributed by atoms with Crippen LogP contribution in [0.4, 0.5) is 4.39 Å². The molecule has 1 saturated carbocycles. The lowest BCUT2D eigenvalue weighted by molar-refractivity contribution is -0.00510. The average molecular weight is 238 g/mol. The molecule has 1 aromatic heterocycles. The van der Waals surface area contributed by atoms with E-state index in [0.717, 1.165) is 31.9 Å². The van der Waals surface area contributed by atoms with E-state index in [1.807, 2.05) is 14.1 Å². The van der Waals surface area contributed by atoms with Crippen LogP contribution >= 0.6 is 0 Å². The topological polar surface area (TPSA) is 36.4 Å². The smallest absolute Gasteiger partial charge is 0.141 e. The molecular formula is C13H19FN2O. The Hall–Kier alpha value is -1.00. The maximum Gasteiger partial charge on any atom is 0.141 e. The molecule has 0 amide bonds. The Bertz CT molecular complexity index is 389. The van der Waals surface area contributed by atoms with Crippen molar-refractivity contribution in [1.29, 1.82) is 0 Å². The number of rotatable bonds is 3. The van der Waals surface area contributed by atoms with E-state index in [0.29, 0.717) is 5.56 Å². The van der Waals surface area contributed by atoms with Crippen molar-refractivity contribution in [2.45, 2.75) is 37.3 Å². The third-order valence-electron chi connectivity index (χ3n) is 3.91. The van der Waals surface area contributed by atoms with Gasteiger partial charge in [0.2, 0.25) is 0 Å². The molecule has 0 spiro atoms. The van der Waals surface area contributed by atoms with Crippen LogP contribution in [0.25, 0.3) is 0 Å². The molecule has 3 nitrogen and oxygen atoms in total. The Balaban J connectivity index is 2.31. The van der Waals surface area contributed by atoms with Crippen LogP contribution in [-0.2, 0) is 0 Å². The summed E-state index contributed by atoms with van der Waals surface area (Å²) in [6.07, 6.45) is 6.14. The standard InChI is InChI=1S/C13H19FN2O/c1-16(2)13(5-3-4-6-13)12(17)10-7-11(14)9-15-8-10/h7-9,12,17H,3-6H2,1-2H3. The highest BCUT2D eigenvalue weighted by Crippen LogP contribution is 2.43. The minimum absolute atomic E-state index is 0.268. The first kappa shape index (κ1) is 12.5. The molecule has 1 unspecified atom stereocenters. The largest absolute Gasteiger partial charge is 0.386 e. The summed E-state index contributed by atoms with van der Waals surface area (Å²) in [6.45, 7) is 0. The SMILES string of the molecule is CN(C)C1(C(O)c2cncc(F)c2)CCCC1. The van der Waals surface area contributed by atoms with Gasteiger partial charge in [-0.3, -0.25) is 4.98 Å². The maximum atomic E-state index is 13.2. The second-order valence-electron chi connectivity index (χ2n) is 5.04. The zero-order valence-corrected chi connectivity index (χ0v) is 10.4. The maximum absolute atomic E-state index is 13.2. The van der Waals surface area contributed by atoms with Gasteiger partial charge in [-0.15, -0.1) is 0 Å². The number of hydrogen-bond donors (Lipinski definition) is 1. The highest BCUT2D eigenvalue weighted by atomic mass is 19.1. The molecule has 1 aromatic rings. The van der Waals surface area contributed by atoms with Crippen LogP contribution in [0.3, 0.4) is 0 Å².